The van der Waals surface area contributed by atoms with Gasteiger partial charge in [-0.05, 0) is 36.6 Å². The van der Waals surface area contributed by atoms with Gasteiger partial charge in [0.05, 0.1) is 22.3 Å². The molecule has 4 aromatic rings. The number of aromatic amines is 1. The maximum atomic E-state index is 14.9. The fraction of sp³-hybridized carbons (Fsp3) is 0.387. The van der Waals surface area contributed by atoms with Gasteiger partial charge in [0.25, 0.3) is 11.5 Å². The van der Waals surface area contributed by atoms with E-state index in [2.05, 4.69) is 33.9 Å². The number of amides is 1. The average molecular weight is 543 g/mol. The Hall–Kier alpha value is -4.14. The summed E-state index contributed by atoms with van der Waals surface area (Å²) in [5, 5.41) is 8.03. The molecule has 2 aromatic carbocycles. The minimum atomic E-state index is -0.562. The standard InChI is InChI=1S/C31H35FN6O2/c1-3-5-14-37(15-6-4-2)31-33-19-22-20-38(16-13-27(22)34-31)30(40)25-17-21(11-12-26(25)32)18-28-23-9-7-8-10-24(23)29(39)36-35-28/h7-12,17,19H,3-6,13-16,18,20H2,1-2H3,(H,36,39). The van der Waals surface area contributed by atoms with Gasteiger partial charge >= 0.3 is 0 Å². The van der Waals surface area contributed by atoms with E-state index in [-0.39, 0.29) is 17.0 Å². The van der Waals surface area contributed by atoms with Gasteiger partial charge in [-0.2, -0.15) is 5.10 Å². The molecule has 0 fully saturated rings. The molecule has 1 N–H and O–H groups in total. The third kappa shape index (κ3) is 5.88. The summed E-state index contributed by atoms with van der Waals surface area (Å²) in [4.78, 5) is 39.0. The third-order valence-electron chi connectivity index (χ3n) is 7.46. The van der Waals surface area contributed by atoms with Gasteiger partial charge in [-0.1, -0.05) is 51.0 Å². The highest BCUT2D eigenvalue weighted by atomic mass is 19.1. The number of fused-ring (bicyclic) bond motifs is 2. The van der Waals surface area contributed by atoms with Crippen molar-refractivity contribution in [3.8, 4) is 0 Å². The Morgan fingerprint density at radius 2 is 1.82 bits per heavy atom. The summed E-state index contributed by atoms with van der Waals surface area (Å²) in [6, 6.07) is 11.8. The second-order valence-corrected chi connectivity index (χ2v) is 10.3. The lowest BCUT2D eigenvalue weighted by atomic mass is 10.0. The van der Waals surface area contributed by atoms with Gasteiger partial charge in [0, 0.05) is 56.2 Å². The highest BCUT2D eigenvalue weighted by Gasteiger charge is 2.26. The van der Waals surface area contributed by atoms with Gasteiger partial charge in [-0.3, -0.25) is 9.59 Å². The van der Waals surface area contributed by atoms with E-state index in [1.54, 1.807) is 29.2 Å². The third-order valence-corrected chi connectivity index (χ3v) is 7.46. The molecular formula is C31H35FN6O2. The SMILES string of the molecule is CCCCN(CCCC)c1ncc2c(n1)CCN(C(=O)c1cc(Cc3n[nH]c(=O)c4ccccc34)ccc1F)C2. The molecule has 0 unspecified atom stereocenters. The van der Waals surface area contributed by atoms with Crippen molar-refractivity contribution in [1.29, 1.82) is 0 Å². The minimum Gasteiger partial charge on any atom is -0.341 e. The van der Waals surface area contributed by atoms with Crippen LogP contribution in [0.1, 0.15) is 72.4 Å². The number of carbonyl (C=O) groups excluding carboxylic acids is 1. The molecular weight excluding hydrogens is 507 g/mol. The molecule has 1 aliphatic heterocycles. The van der Waals surface area contributed by atoms with E-state index in [0.29, 0.717) is 37.0 Å². The number of benzene rings is 2. The van der Waals surface area contributed by atoms with Crippen LogP contribution < -0.4 is 10.5 Å². The molecule has 3 heterocycles. The van der Waals surface area contributed by atoms with Crippen LogP contribution in [0.5, 0.6) is 0 Å². The molecule has 8 nitrogen and oxygen atoms in total. The molecule has 0 radical (unpaired) electrons. The van der Waals surface area contributed by atoms with Crippen LogP contribution in [0.4, 0.5) is 10.3 Å². The summed E-state index contributed by atoms with van der Waals surface area (Å²) >= 11 is 0. The van der Waals surface area contributed by atoms with Crippen molar-refractivity contribution in [2.24, 2.45) is 0 Å². The fourth-order valence-corrected chi connectivity index (χ4v) is 5.16. The number of halogens is 1. The summed E-state index contributed by atoms with van der Waals surface area (Å²) in [6.45, 7) is 7.02. The Bertz CT molecular complexity index is 1560. The van der Waals surface area contributed by atoms with Gasteiger partial charge in [0.2, 0.25) is 5.95 Å². The molecule has 0 saturated carbocycles. The smallest absolute Gasteiger partial charge is 0.272 e. The van der Waals surface area contributed by atoms with Crippen molar-refractivity contribution in [3.05, 3.63) is 92.9 Å². The van der Waals surface area contributed by atoms with E-state index in [1.165, 1.54) is 6.07 Å². The number of nitrogens with zero attached hydrogens (tertiary/aromatic N) is 5. The Labute approximate surface area is 233 Å². The van der Waals surface area contributed by atoms with Crippen LogP contribution in [0, 0.1) is 5.82 Å². The van der Waals surface area contributed by atoms with Crippen molar-refractivity contribution in [1.82, 2.24) is 25.1 Å². The predicted molar refractivity (Wildman–Crippen MR) is 154 cm³/mol. The summed E-state index contributed by atoms with van der Waals surface area (Å²) in [5.74, 6) is -0.170. The lowest BCUT2D eigenvalue weighted by molar-refractivity contribution is 0.0728. The molecule has 0 aliphatic carbocycles. The van der Waals surface area contributed by atoms with Crippen molar-refractivity contribution in [2.75, 3.05) is 24.5 Å². The minimum absolute atomic E-state index is 0.0255. The lowest BCUT2D eigenvalue weighted by Crippen LogP contribution is -2.37. The first-order valence-corrected chi connectivity index (χ1v) is 14.1. The Morgan fingerprint density at radius 1 is 1.07 bits per heavy atom. The highest BCUT2D eigenvalue weighted by molar-refractivity contribution is 5.95. The topological polar surface area (TPSA) is 95.1 Å². The summed E-state index contributed by atoms with van der Waals surface area (Å²) in [6.07, 6.45) is 7.17. The first kappa shape index (κ1) is 27.4. The maximum absolute atomic E-state index is 14.9. The normalized spacial score (nSPS) is 12.9. The van der Waals surface area contributed by atoms with E-state index in [1.807, 2.05) is 18.3 Å². The van der Waals surface area contributed by atoms with E-state index in [9.17, 15) is 14.0 Å². The number of aromatic nitrogens is 4. The van der Waals surface area contributed by atoms with Crippen molar-refractivity contribution < 1.29 is 9.18 Å². The number of rotatable bonds is 10. The largest absolute Gasteiger partial charge is 0.341 e. The van der Waals surface area contributed by atoms with E-state index >= 15 is 0 Å². The summed E-state index contributed by atoms with van der Waals surface area (Å²) in [7, 11) is 0. The number of hydrogen-bond acceptors (Lipinski definition) is 6. The maximum Gasteiger partial charge on any atom is 0.272 e. The van der Waals surface area contributed by atoms with E-state index < -0.39 is 5.82 Å². The predicted octanol–water partition coefficient (Wildman–Crippen LogP) is 5.05. The van der Waals surface area contributed by atoms with Crippen LogP contribution in [0.15, 0.2) is 53.5 Å². The Kier molecular flexibility index (Phi) is 8.48. The average Bonchev–Trinajstić information content (AvgIpc) is 2.99. The zero-order valence-corrected chi connectivity index (χ0v) is 23.1. The zero-order valence-electron chi connectivity index (χ0n) is 23.1. The molecule has 1 aliphatic rings. The number of carbonyl (C=O) groups is 1. The van der Waals surface area contributed by atoms with E-state index in [0.717, 1.165) is 66.9 Å². The number of H-pyrrole nitrogens is 1. The molecule has 0 atom stereocenters. The van der Waals surface area contributed by atoms with Crippen LogP contribution in [0.3, 0.4) is 0 Å². The van der Waals surface area contributed by atoms with Crippen LogP contribution >= 0.6 is 0 Å². The van der Waals surface area contributed by atoms with Crippen LogP contribution in [0.2, 0.25) is 0 Å². The fourth-order valence-electron chi connectivity index (χ4n) is 5.16. The second-order valence-electron chi connectivity index (χ2n) is 10.3. The molecule has 40 heavy (non-hydrogen) atoms. The van der Waals surface area contributed by atoms with Crippen LogP contribution in [-0.4, -0.2) is 50.6 Å². The summed E-state index contributed by atoms with van der Waals surface area (Å²) in [5.41, 5.74) is 3.01. The first-order chi connectivity index (χ1) is 19.5. The molecule has 0 saturated heterocycles. The molecule has 9 heteroatoms. The molecule has 2 aromatic heterocycles. The van der Waals surface area contributed by atoms with E-state index in [4.69, 9.17) is 4.98 Å². The highest BCUT2D eigenvalue weighted by Crippen LogP contribution is 2.24. The molecule has 5 rings (SSSR count). The van der Waals surface area contributed by atoms with Gasteiger partial charge in [-0.25, -0.2) is 19.5 Å². The zero-order chi connectivity index (χ0) is 28.1. The molecule has 0 bridgehead atoms. The lowest BCUT2D eigenvalue weighted by Gasteiger charge is -2.30. The number of unbranched alkanes of at least 4 members (excludes halogenated alkanes) is 2. The summed E-state index contributed by atoms with van der Waals surface area (Å²) < 4.78 is 14.9. The monoisotopic (exact) mass is 542 g/mol. The quantitative estimate of drug-likeness (QED) is 0.301. The van der Waals surface area contributed by atoms with Crippen molar-refractivity contribution >= 4 is 22.6 Å². The number of nitrogens with one attached hydrogen (secondary N) is 1. The van der Waals surface area contributed by atoms with Gasteiger partial charge in [0.15, 0.2) is 0 Å². The Morgan fingerprint density at radius 3 is 2.58 bits per heavy atom. The van der Waals surface area contributed by atoms with Crippen molar-refractivity contribution in [2.45, 2.75) is 58.9 Å². The van der Waals surface area contributed by atoms with Crippen molar-refractivity contribution in [3.63, 3.8) is 0 Å². The number of hydrogen-bond donors (Lipinski definition) is 1. The van der Waals surface area contributed by atoms with Gasteiger partial charge in [-0.15, -0.1) is 0 Å². The first-order valence-electron chi connectivity index (χ1n) is 14.1. The molecule has 1 amide bonds. The Balaban J connectivity index is 1.34. The molecule has 0 spiro atoms. The van der Waals surface area contributed by atoms with Crippen LogP contribution in [-0.2, 0) is 19.4 Å². The van der Waals surface area contributed by atoms with Gasteiger partial charge in [0.1, 0.15) is 5.82 Å². The molecule has 208 valence electrons. The van der Waals surface area contributed by atoms with Crippen LogP contribution in [0.25, 0.3) is 10.8 Å². The number of anilines is 1. The second kappa shape index (κ2) is 12.4. The van der Waals surface area contributed by atoms with Gasteiger partial charge < -0.3 is 9.80 Å².